The van der Waals surface area contributed by atoms with Crippen LogP contribution in [-0.2, 0) is 11.3 Å². The Balaban J connectivity index is 1.65. The molecule has 0 unspecified atom stereocenters. The van der Waals surface area contributed by atoms with Gasteiger partial charge in [-0.05, 0) is 31.7 Å². The van der Waals surface area contributed by atoms with Crippen molar-refractivity contribution in [3.05, 3.63) is 57.1 Å². The van der Waals surface area contributed by atoms with Gasteiger partial charge in [0.1, 0.15) is 17.3 Å². The number of carbonyl (C=O) groups excluding carboxylic acids is 1. The molecular weight excluding hydrogens is 345 g/mol. The van der Waals surface area contributed by atoms with Crippen LogP contribution in [0.25, 0.3) is 4.96 Å². The maximum absolute atomic E-state index is 12.9. The van der Waals surface area contributed by atoms with E-state index in [0.29, 0.717) is 17.3 Å². The Kier molecular flexibility index (Phi) is 4.86. The van der Waals surface area contributed by atoms with E-state index >= 15 is 0 Å². The molecule has 0 aliphatic heterocycles. The quantitative estimate of drug-likeness (QED) is 0.748. The molecule has 1 aromatic carbocycles. The number of benzene rings is 1. The number of amides is 1. The van der Waals surface area contributed by atoms with Crippen molar-refractivity contribution in [1.29, 1.82) is 0 Å². The Morgan fingerprint density at radius 3 is 2.80 bits per heavy atom. The summed E-state index contributed by atoms with van der Waals surface area (Å²) in [6, 6.07) is 6.15. The predicted molar refractivity (Wildman–Crippen MR) is 93.2 cm³/mol. The van der Waals surface area contributed by atoms with Gasteiger partial charge in [0.2, 0.25) is 10.9 Å². The Hall–Kier alpha value is -2.65. The fourth-order valence-electron chi connectivity index (χ4n) is 2.31. The van der Waals surface area contributed by atoms with Crippen molar-refractivity contribution >= 4 is 28.0 Å². The normalized spacial score (nSPS) is 11.2. The van der Waals surface area contributed by atoms with Crippen molar-refractivity contribution < 1.29 is 9.18 Å². The number of thiazole rings is 1. The number of halogens is 1. The zero-order valence-corrected chi connectivity index (χ0v) is 14.5. The van der Waals surface area contributed by atoms with Gasteiger partial charge in [-0.1, -0.05) is 12.1 Å². The molecule has 1 N–H and O–H groups in total. The smallest absolute Gasteiger partial charge is 0.295 e. The molecule has 1 amide bonds. The second kappa shape index (κ2) is 7.08. The van der Waals surface area contributed by atoms with Gasteiger partial charge in [0.25, 0.3) is 5.56 Å². The van der Waals surface area contributed by atoms with Crippen molar-refractivity contribution in [2.75, 3.05) is 18.9 Å². The third kappa shape index (κ3) is 4.06. The lowest BCUT2D eigenvalue weighted by atomic mass is 10.2. The number of aryl methyl sites for hydroxylation is 1. The monoisotopic (exact) mass is 361 g/mol. The summed E-state index contributed by atoms with van der Waals surface area (Å²) in [7, 11) is 1.80. The van der Waals surface area contributed by atoms with E-state index in [9.17, 15) is 14.0 Å². The number of fused-ring (bicyclic) bond motifs is 1. The number of nitrogens with one attached hydrogen (secondary N) is 1. The molecule has 0 aliphatic rings. The standard InChI is InChI=1S/C16H16FN5O2S/c1-10-15(24)19-16-22(20-10)13(9-25-16)18-14(23)8-21(2)7-11-3-5-12(17)6-4-11/h3-6,9H,7-8H2,1-2H3,(H,18,23). The number of likely N-dealkylation sites (N-methyl/N-ethyl adjacent to an activating group) is 1. The fraction of sp³-hybridized carbons (Fsp3) is 0.250. The molecule has 0 spiro atoms. The van der Waals surface area contributed by atoms with Gasteiger partial charge in [0, 0.05) is 11.9 Å². The topological polar surface area (TPSA) is 79.6 Å². The molecule has 3 aromatic rings. The van der Waals surface area contributed by atoms with Crippen LogP contribution in [0, 0.1) is 12.7 Å². The third-order valence-electron chi connectivity index (χ3n) is 3.49. The van der Waals surface area contributed by atoms with E-state index in [1.54, 1.807) is 31.5 Å². The molecule has 7 nitrogen and oxygen atoms in total. The highest BCUT2D eigenvalue weighted by atomic mass is 32.1. The van der Waals surface area contributed by atoms with E-state index in [1.807, 2.05) is 4.90 Å². The summed E-state index contributed by atoms with van der Waals surface area (Å²) < 4.78 is 14.4. The summed E-state index contributed by atoms with van der Waals surface area (Å²) in [5.74, 6) is -0.0404. The Labute approximate surface area is 146 Å². The SMILES string of the molecule is Cc1nn2c(NC(=O)CN(C)Cc3ccc(F)cc3)csc2nc1=O. The fourth-order valence-corrected chi connectivity index (χ4v) is 3.06. The van der Waals surface area contributed by atoms with Crippen LogP contribution in [-0.4, -0.2) is 39.0 Å². The molecule has 0 bridgehead atoms. The first-order valence-corrected chi connectivity index (χ1v) is 8.38. The summed E-state index contributed by atoms with van der Waals surface area (Å²) in [6.07, 6.45) is 0. The minimum Gasteiger partial charge on any atom is -0.309 e. The minimum absolute atomic E-state index is 0.154. The zero-order valence-electron chi connectivity index (χ0n) is 13.7. The maximum Gasteiger partial charge on any atom is 0.295 e. The lowest BCUT2D eigenvalue weighted by Gasteiger charge is -2.16. The highest BCUT2D eigenvalue weighted by Crippen LogP contribution is 2.16. The van der Waals surface area contributed by atoms with E-state index in [2.05, 4.69) is 15.4 Å². The lowest BCUT2D eigenvalue weighted by Crippen LogP contribution is -2.30. The molecule has 130 valence electrons. The van der Waals surface area contributed by atoms with E-state index in [-0.39, 0.29) is 29.5 Å². The summed E-state index contributed by atoms with van der Waals surface area (Å²) in [6.45, 7) is 2.24. The van der Waals surface area contributed by atoms with Crippen LogP contribution in [0.1, 0.15) is 11.3 Å². The molecule has 0 fully saturated rings. The Bertz CT molecular complexity index is 967. The largest absolute Gasteiger partial charge is 0.309 e. The number of anilines is 1. The van der Waals surface area contributed by atoms with Crippen molar-refractivity contribution in [3.63, 3.8) is 0 Å². The molecule has 2 aromatic heterocycles. The molecule has 0 atom stereocenters. The number of rotatable bonds is 5. The average Bonchev–Trinajstić information content (AvgIpc) is 2.92. The van der Waals surface area contributed by atoms with Gasteiger partial charge in [0.15, 0.2) is 0 Å². The predicted octanol–water partition coefficient (Wildman–Crippen LogP) is 1.67. The summed E-state index contributed by atoms with van der Waals surface area (Å²) >= 11 is 1.23. The first-order valence-electron chi connectivity index (χ1n) is 7.50. The highest BCUT2D eigenvalue weighted by Gasteiger charge is 2.12. The van der Waals surface area contributed by atoms with Crippen LogP contribution in [0.4, 0.5) is 10.2 Å². The summed E-state index contributed by atoms with van der Waals surface area (Å²) in [4.78, 5) is 29.9. The van der Waals surface area contributed by atoms with Gasteiger partial charge in [-0.25, -0.2) is 4.39 Å². The number of aromatic nitrogens is 3. The number of nitrogens with zero attached hydrogens (tertiary/aromatic N) is 4. The van der Waals surface area contributed by atoms with Gasteiger partial charge < -0.3 is 5.32 Å². The maximum atomic E-state index is 12.9. The molecule has 25 heavy (non-hydrogen) atoms. The number of hydrogen-bond donors (Lipinski definition) is 1. The molecule has 9 heteroatoms. The second-order valence-electron chi connectivity index (χ2n) is 5.66. The van der Waals surface area contributed by atoms with E-state index in [0.717, 1.165) is 5.56 Å². The Morgan fingerprint density at radius 1 is 1.36 bits per heavy atom. The molecule has 0 saturated heterocycles. The first-order chi connectivity index (χ1) is 11.9. The van der Waals surface area contributed by atoms with E-state index < -0.39 is 0 Å². The van der Waals surface area contributed by atoms with Crippen LogP contribution in [0.2, 0.25) is 0 Å². The third-order valence-corrected chi connectivity index (χ3v) is 4.30. The van der Waals surface area contributed by atoms with Crippen LogP contribution >= 0.6 is 11.3 Å². The molecule has 0 saturated carbocycles. The summed E-state index contributed by atoms with van der Waals surface area (Å²) in [5, 5.41) is 8.58. The van der Waals surface area contributed by atoms with Gasteiger partial charge in [0.05, 0.1) is 6.54 Å². The van der Waals surface area contributed by atoms with Crippen molar-refractivity contribution in [3.8, 4) is 0 Å². The van der Waals surface area contributed by atoms with Crippen molar-refractivity contribution in [1.82, 2.24) is 19.5 Å². The van der Waals surface area contributed by atoms with Gasteiger partial charge >= 0.3 is 0 Å². The minimum atomic E-state index is -0.376. The number of carbonyl (C=O) groups is 1. The Morgan fingerprint density at radius 2 is 2.08 bits per heavy atom. The van der Waals surface area contributed by atoms with E-state index in [1.165, 1.54) is 28.0 Å². The van der Waals surface area contributed by atoms with Crippen LogP contribution in [0.15, 0.2) is 34.4 Å². The molecular formula is C16H16FN5O2S. The average molecular weight is 361 g/mol. The second-order valence-corrected chi connectivity index (χ2v) is 6.50. The van der Waals surface area contributed by atoms with Crippen LogP contribution in [0.3, 0.4) is 0 Å². The van der Waals surface area contributed by atoms with E-state index in [4.69, 9.17) is 0 Å². The molecule has 0 aliphatic carbocycles. The van der Waals surface area contributed by atoms with Crippen molar-refractivity contribution in [2.24, 2.45) is 0 Å². The van der Waals surface area contributed by atoms with Crippen LogP contribution in [0.5, 0.6) is 0 Å². The highest BCUT2D eigenvalue weighted by molar-refractivity contribution is 7.15. The molecule has 2 heterocycles. The van der Waals surface area contributed by atoms with Crippen LogP contribution < -0.4 is 10.9 Å². The van der Waals surface area contributed by atoms with Gasteiger partial charge in [-0.2, -0.15) is 14.6 Å². The molecule has 0 radical (unpaired) electrons. The number of hydrogen-bond acceptors (Lipinski definition) is 6. The first kappa shape index (κ1) is 17.2. The zero-order chi connectivity index (χ0) is 18.0. The van der Waals surface area contributed by atoms with Gasteiger partial charge in [-0.3, -0.25) is 14.5 Å². The molecule has 3 rings (SSSR count). The lowest BCUT2D eigenvalue weighted by molar-refractivity contribution is -0.117. The van der Waals surface area contributed by atoms with Gasteiger partial charge in [-0.15, -0.1) is 11.3 Å². The van der Waals surface area contributed by atoms with Crippen molar-refractivity contribution in [2.45, 2.75) is 13.5 Å². The summed E-state index contributed by atoms with van der Waals surface area (Å²) in [5.41, 5.74) is 0.801.